The summed E-state index contributed by atoms with van der Waals surface area (Å²) in [5.74, 6) is -1.03. The average molecular weight is 710 g/mol. The molecule has 0 unspecified atom stereocenters. The Balaban J connectivity index is 1.32. The fraction of sp³-hybridized carbons (Fsp3) is 0.786. The lowest BCUT2D eigenvalue weighted by atomic mass is 9.77. The SMILES string of the molecule is CC1(C)CC(OC(=O)c2ccc(C3CCC(C(=O)OC4CC(C)(C)NC(C)(C)C4)CC3)c(C(=O)OC3CC(C)(C)NC(C)(C)C3)c2)CC(C)(C)N1. The lowest BCUT2D eigenvalue weighted by Gasteiger charge is -2.46. The molecular formula is C42H67N3O6. The van der Waals surface area contributed by atoms with Crippen LogP contribution in [0.3, 0.4) is 0 Å². The Bertz CT molecular complexity index is 1420. The molecule has 3 saturated heterocycles. The summed E-state index contributed by atoms with van der Waals surface area (Å²) in [6.07, 6.45) is 6.64. The summed E-state index contributed by atoms with van der Waals surface area (Å²) < 4.78 is 18.5. The van der Waals surface area contributed by atoms with Crippen LogP contribution in [0.15, 0.2) is 18.2 Å². The van der Waals surface area contributed by atoms with Gasteiger partial charge in [-0.05, 0) is 132 Å². The first-order chi connectivity index (χ1) is 23.3. The molecule has 1 aromatic carbocycles. The zero-order valence-corrected chi connectivity index (χ0v) is 33.6. The molecule has 5 rings (SSSR count). The molecule has 51 heavy (non-hydrogen) atoms. The zero-order chi connectivity index (χ0) is 37.8. The van der Waals surface area contributed by atoms with Crippen molar-refractivity contribution in [1.82, 2.24) is 16.0 Å². The molecule has 1 saturated carbocycles. The number of ether oxygens (including phenoxy) is 3. The first-order valence-corrected chi connectivity index (χ1v) is 19.5. The van der Waals surface area contributed by atoms with Gasteiger partial charge < -0.3 is 30.2 Å². The topological polar surface area (TPSA) is 115 Å². The smallest absolute Gasteiger partial charge is 0.338 e. The van der Waals surface area contributed by atoms with Crippen molar-refractivity contribution in [3.8, 4) is 0 Å². The number of carbonyl (C=O) groups is 3. The molecule has 0 aromatic heterocycles. The normalized spacial score (nSPS) is 28.7. The summed E-state index contributed by atoms with van der Waals surface area (Å²) in [5, 5.41) is 11.0. The van der Waals surface area contributed by atoms with Crippen molar-refractivity contribution in [3.63, 3.8) is 0 Å². The molecule has 4 aliphatic rings. The Kier molecular flexibility index (Phi) is 10.9. The van der Waals surface area contributed by atoms with E-state index in [9.17, 15) is 14.4 Å². The van der Waals surface area contributed by atoms with Gasteiger partial charge in [0.1, 0.15) is 18.3 Å². The minimum atomic E-state index is -0.422. The van der Waals surface area contributed by atoms with Gasteiger partial charge in [0.25, 0.3) is 0 Å². The van der Waals surface area contributed by atoms with Crippen molar-refractivity contribution in [2.24, 2.45) is 5.92 Å². The quantitative estimate of drug-likeness (QED) is 0.193. The fourth-order valence-electron chi connectivity index (χ4n) is 10.5. The summed E-state index contributed by atoms with van der Waals surface area (Å²) in [6.45, 7) is 25.7. The van der Waals surface area contributed by atoms with E-state index in [1.54, 1.807) is 12.1 Å². The summed E-state index contributed by atoms with van der Waals surface area (Å²) in [4.78, 5) is 41.2. The van der Waals surface area contributed by atoms with Crippen LogP contribution in [0.4, 0.5) is 0 Å². The molecule has 0 radical (unpaired) electrons. The van der Waals surface area contributed by atoms with Crippen LogP contribution in [0.5, 0.6) is 0 Å². The van der Waals surface area contributed by atoms with Crippen molar-refractivity contribution in [3.05, 3.63) is 34.9 Å². The van der Waals surface area contributed by atoms with E-state index in [1.807, 2.05) is 6.07 Å². The molecule has 3 N–H and O–H groups in total. The third kappa shape index (κ3) is 10.6. The Morgan fingerprint density at radius 3 is 1.31 bits per heavy atom. The van der Waals surface area contributed by atoms with Crippen LogP contribution in [-0.4, -0.2) is 69.5 Å². The first-order valence-electron chi connectivity index (χ1n) is 19.5. The van der Waals surface area contributed by atoms with Crippen molar-refractivity contribution in [2.45, 2.75) is 205 Å². The molecule has 0 amide bonds. The molecule has 3 heterocycles. The third-order valence-electron chi connectivity index (χ3n) is 11.3. The van der Waals surface area contributed by atoms with Crippen molar-refractivity contribution in [1.29, 1.82) is 0 Å². The number of piperidine rings is 3. The van der Waals surface area contributed by atoms with E-state index in [1.165, 1.54) is 0 Å². The highest BCUT2D eigenvalue weighted by Gasteiger charge is 2.43. The van der Waals surface area contributed by atoms with E-state index in [0.717, 1.165) is 31.2 Å². The van der Waals surface area contributed by atoms with E-state index in [-0.39, 0.29) is 69.4 Å². The first kappa shape index (κ1) is 39.7. The Morgan fingerprint density at radius 2 is 0.902 bits per heavy atom. The number of nitrogens with one attached hydrogen (secondary N) is 3. The summed E-state index contributed by atoms with van der Waals surface area (Å²) in [5.41, 5.74) is 0.728. The predicted octanol–water partition coefficient (Wildman–Crippen LogP) is 7.74. The second kappa shape index (κ2) is 14.1. The number of carbonyl (C=O) groups excluding carboxylic acids is 3. The van der Waals surface area contributed by atoms with Crippen LogP contribution in [0, 0.1) is 5.92 Å². The highest BCUT2D eigenvalue weighted by atomic mass is 16.6. The van der Waals surface area contributed by atoms with Gasteiger partial charge in [-0.2, -0.15) is 0 Å². The van der Waals surface area contributed by atoms with Gasteiger partial charge >= 0.3 is 17.9 Å². The van der Waals surface area contributed by atoms with Gasteiger partial charge in [-0.1, -0.05) is 6.07 Å². The van der Waals surface area contributed by atoms with Gasteiger partial charge in [0, 0.05) is 71.8 Å². The summed E-state index contributed by atoms with van der Waals surface area (Å²) >= 11 is 0. The van der Waals surface area contributed by atoms with Gasteiger partial charge in [0.05, 0.1) is 17.0 Å². The van der Waals surface area contributed by atoms with Crippen molar-refractivity contribution < 1.29 is 28.6 Å². The van der Waals surface area contributed by atoms with Gasteiger partial charge in [-0.15, -0.1) is 0 Å². The number of hydrogen-bond donors (Lipinski definition) is 3. The lowest BCUT2D eigenvalue weighted by Crippen LogP contribution is -2.59. The third-order valence-corrected chi connectivity index (χ3v) is 11.3. The molecule has 0 spiro atoms. The standard InChI is InChI=1S/C42H67N3O6/c1-37(2)20-29(21-38(3,4)43-37)49-34(46)27-15-13-26(14-16-27)32-18-17-28(35(47)50-30-22-39(5,6)44-40(7,8)23-30)19-33(32)36(48)51-31-24-41(9,10)45-42(11,12)25-31/h17-19,26-27,29-31,43-45H,13-16,20-25H2,1-12H3. The van der Waals surface area contributed by atoms with Crippen molar-refractivity contribution >= 4 is 17.9 Å². The molecule has 9 heteroatoms. The minimum absolute atomic E-state index is 0.0605. The molecule has 1 aliphatic carbocycles. The fourth-order valence-corrected chi connectivity index (χ4v) is 10.5. The molecule has 4 fully saturated rings. The molecule has 3 aliphatic heterocycles. The van der Waals surface area contributed by atoms with Crippen molar-refractivity contribution in [2.75, 3.05) is 0 Å². The van der Waals surface area contributed by atoms with E-state index in [2.05, 4.69) is 99.0 Å². The maximum absolute atomic E-state index is 14.2. The van der Waals surface area contributed by atoms with E-state index in [0.29, 0.717) is 49.7 Å². The Hall–Kier alpha value is -2.49. The maximum atomic E-state index is 14.2. The molecule has 0 bridgehead atoms. The van der Waals surface area contributed by atoms with Crippen LogP contribution in [0.25, 0.3) is 0 Å². The molecule has 0 atom stereocenters. The average Bonchev–Trinajstić information content (AvgIpc) is 2.91. The summed E-state index contributed by atoms with van der Waals surface area (Å²) in [6, 6.07) is 5.40. The number of rotatable bonds is 7. The summed E-state index contributed by atoms with van der Waals surface area (Å²) in [7, 11) is 0. The van der Waals surface area contributed by atoms with E-state index >= 15 is 0 Å². The molecule has 1 aromatic rings. The van der Waals surface area contributed by atoms with Crippen LogP contribution in [0.1, 0.15) is 179 Å². The van der Waals surface area contributed by atoms with Crippen LogP contribution < -0.4 is 16.0 Å². The Morgan fingerprint density at radius 1 is 0.529 bits per heavy atom. The predicted molar refractivity (Wildman–Crippen MR) is 201 cm³/mol. The number of benzene rings is 1. The number of hydrogen-bond acceptors (Lipinski definition) is 9. The Labute approximate surface area is 307 Å². The second-order valence-electron chi connectivity index (χ2n) is 20.4. The van der Waals surface area contributed by atoms with Gasteiger partial charge in [-0.3, -0.25) is 4.79 Å². The zero-order valence-electron chi connectivity index (χ0n) is 33.6. The highest BCUT2D eigenvalue weighted by molar-refractivity contribution is 5.96. The maximum Gasteiger partial charge on any atom is 0.338 e. The molecule has 286 valence electrons. The van der Waals surface area contributed by atoms with Crippen LogP contribution in [0.2, 0.25) is 0 Å². The largest absolute Gasteiger partial charge is 0.462 e. The van der Waals surface area contributed by atoms with Gasteiger partial charge in [-0.25, -0.2) is 9.59 Å². The van der Waals surface area contributed by atoms with Gasteiger partial charge in [0.15, 0.2) is 0 Å². The minimum Gasteiger partial charge on any atom is -0.462 e. The number of esters is 3. The lowest BCUT2D eigenvalue weighted by molar-refractivity contribution is -0.159. The van der Waals surface area contributed by atoms with E-state index < -0.39 is 11.9 Å². The second-order valence-corrected chi connectivity index (χ2v) is 20.4. The van der Waals surface area contributed by atoms with E-state index in [4.69, 9.17) is 14.2 Å². The van der Waals surface area contributed by atoms with Crippen LogP contribution in [-0.2, 0) is 19.0 Å². The molecule has 9 nitrogen and oxygen atoms in total. The highest BCUT2D eigenvalue weighted by Crippen LogP contribution is 2.40. The monoisotopic (exact) mass is 710 g/mol. The van der Waals surface area contributed by atoms with Crippen LogP contribution >= 0.6 is 0 Å². The van der Waals surface area contributed by atoms with Gasteiger partial charge in [0.2, 0.25) is 0 Å². The molecular weight excluding hydrogens is 642 g/mol.